The van der Waals surface area contributed by atoms with Crippen LogP contribution in [0.3, 0.4) is 0 Å². The molecule has 0 atom stereocenters. The third-order valence-corrected chi connectivity index (χ3v) is 9.32. The Morgan fingerprint density at radius 2 is 1.44 bits per heavy atom. The summed E-state index contributed by atoms with van der Waals surface area (Å²) in [7, 11) is -5.91. The number of aliphatic carboxylic acids is 1. The van der Waals surface area contributed by atoms with Gasteiger partial charge in [0, 0.05) is 31.0 Å². The fraction of sp³-hybridized carbons (Fsp3) is 0.276. The number of pyridine rings is 1. The monoisotopic (exact) mass is 631 g/mol. The molecule has 0 spiro atoms. The fourth-order valence-corrected chi connectivity index (χ4v) is 6.91. The quantitative estimate of drug-likeness (QED) is 0.127. The largest absolute Gasteiger partial charge is 0.497 e. The Balaban J connectivity index is 1.98. The van der Waals surface area contributed by atoms with Crippen LogP contribution >= 0.6 is 0 Å². The van der Waals surface area contributed by atoms with Crippen LogP contribution < -0.4 is 18.3 Å². The van der Waals surface area contributed by atoms with E-state index in [1.165, 1.54) is 32.4 Å². The van der Waals surface area contributed by atoms with Gasteiger partial charge in [0.2, 0.25) is 21.1 Å². The molecule has 0 bridgehead atoms. The summed E-state index contributed by atoms with van der Waals surface area (Å²) in [6.45, 7) is 0.179. The van der Waals surface area contributed by atoms with Gasteiger partial charge in [-0.3, -0.25) is 14.1 Å². The van der Waals surface area contributed by atoms with Crippen LogP contribution in [0.25, 0.3) is 21.8 Å². The molecule has 3 aromatic carbocycles. The van der Waals surface area contributed by atoms with Gasteiger partial charge < -0.3 is 14.6 Å². The molecule has 0 saturated carbocycles. The maximum atomic E-state index is 14.6. The van der Waals surface area contributed by atoms with Crippen molar-refractivity contribution in [2.45, 2.75) is 25.8 Å². The Morgan fingerprint density at radius 3 is 1.98 bits per heavy atom. The average molecular weight is 632 g/mol. The number of carboxylic acids is 1. The summed E-state index contributed by atoms with van der Waals surface area (Å²) < 4.78 is 72.9. The van der Waals surface area contributed by atoms with E-state index in [0.29, 0.717) is 31.9 Å². The Hall–Kier alpha value is -4.27. The lowest BCUT2D eigenvalue weighted by Crippen LogP contribution is -2.41. The first kappa shape index (κ1) is 31.7. The zero-order valence-electron chi connectivity index (χ0n) is 23.5. The highest BCUT2D eigenvalue weighted by atomic mass is 32.2. The van der Waals surface area contributed by atoms with Gasteiger partial charge in [-0.1, -0.05) is 24.3 Å². The number of fused-ring (bicyclic) bond motifs is 2. The normalized spacial score (nSPS) is 11.9. The molecule has 0 aliphatic carbocycles. The van der Waals surface area contributed by atoms with E-state index >= 15 is 0 Å². The molecule has 1 heterocycles. The fourth-order valence-electron chi connectivity index (χ4n) is 4.93. The summed E-state index contributed by atoms with van der Waals surface area (Å²) in [6, 6.07) is 17.9. The number of carbonyl (C=O) groups excluding carboxylic acids is 1. The van der Waals surface area contributed by atoms with Crippen molar-refractivity contribution >= 4 is 59.5 Å². The number of methoxy groups -OCH3 is 2. The standard InChI is InChI=1S/C29H30N2O10S2/c1-40-20-14-15-25(26(19-20)41-2)31(42(35,36)17-7-13-27(32)33)29(34)28-21-9-3-5-11-23(21)30(16-8-18-43(37,38)39)24-12-6-4-10-22(24)28/h3-6,9-12,14-15,19H,7-8,13,16-18H2,1-2H3,(H-,32,33,37,38,39)/p+1. The number of ether oxygens (including phenoxy) is 2. The topological polar surface area (TPSA) is 168 Å². The second kappa shape index (κ2) is 12.9. The molecule has 0 unspecified atom stereocenters. The van der Waals surface area contributed by atoms with E-state index in [4.69, 9.17) is 14.6 Å². The van der Waals surface area contributed by atoms with E-state index in [2.05, 4.69) is 0 Å². The highest BCUT2D eigenvalue weighted by Crippen LogP contribution is 2.37. The van der Waals surface area contributed by atoms with Crippen molar-refractivity contribution in [2.24, 2.45) is 0 Å². The molecule has 12 nitrogen and oxygen atoms in total. The second-order valence-electron chi connectivity index (χ2n) is 9.62. The molecule has 1 aromatic heterocycles. The van der Waals surface area contributed by atoms with Crippen LogP contribution in [-0.4, -0.2) is 64.1 Å². The first-order valence-electron chi connectivity index (χ1n) is 13.2. The molecular formula is C29H31N2O10S2+. The van der Waals surface area contributed by atoms with Crippen molar-refractivity contribution in [1.29, 1.82) is 0 Å². The number of rotatable bonds is 13. The lowest BCUT2D eigenvalue weighted by atomic mass is 10.0. The predicted molar refractivity (Wildman–Crippen MR) is 160 cm³/mol. The number of carboxylic acid groups (broad SMARTS) is 1. The van der Waals surface area contributed by atoms with Gasteiger partial charge in [0.1, 0.15) is 17.2 Å². The maximum Gasteiger partial charge on any atom is 0.303 e. The second-order valence-corrected chi connectivity index (χ2v) is 13.1. The third kappa shape index (κ3) is 7.04. The van der Waals surface area contributed by atoms with Crippen molar-refractivity contribution in [2.75, 3.05) is 30.0 Å². The summed E-state index contributed by atoms with van der Waals surface area (Å²) in [5.41, 5.74) is 1.05. The zero-order chi connectivity index (χ0) is 31.4. The number of hydrogen-bond donors (Lipinski definition) is 2. The molecule has 0 saturated heterocycles. The number of benzene rings is 3. The number of amides is 1. The van der Waals surface area contributed by atoms with Crippen LogP contribution in [0.15, 0.2) is 66.7 Å². The van der Waals surface area contributed by atoms with E-state index < -0.39 is 49.9 Å². The number of anilines is 1. The van der Waals surface area contributed by atoms with Gasteiger partial charge in [-0.25, -0.2) is 8.42 Å². The molecule has 2 N–H and O–H groups in total. The predicted octanol–water partition coefficient (Wildman–Crippen LogP) is 3.42. The van der Waals surface area contributed by atoms with Gasteiger partial charge in [-0.05, 0) is 30.7 Å². The van der Waals surface area contributed by atoms with Gasteiger partial charge in [0.05, 0.1) is 42.1 Å². The lowest BCUT2D eigenvalue weighted by Gasteiger charge is -2.25. The van der Waals surface area contributed by atoms with E-state index in [9.17, 15) is 31.0 Å². The van der Waals surface area contributed by atoms with Crippen molar-refractivity contribution in [3.63, 3.8) is 0 Å². The van der Waals surface area contributed by atoms with Crippen LogP contribution in [0.5, 0.6) is 11.5 Å². The minimum absolute atomic E-state index is 0.0410. The summed E-state index contributed by atoms with van der Waals surface area (Å²) in [6.07, 6.45) is -0.566. The van der Waals surface area contributed by atoms with Crippen LogP contribution in [-0.2, 0) is 31.5 Å². The average Bonchev–Trinajstić information content (AvgIpc) is 2.96. The molecule has 4 rings (SSSR count). The summed E-state index contributed by atoms with van der Waals surface area (Å²) in [5.74, 6) is -2.76. The van der Waals surface area contributed by atoms with Gasteiger partial charge in [0.25, 0.3) is 16.0 Å². The molecular weight excluding hydrogens is 600 g/mol. The van der Waals surface area contributed by atoms with E-state index in [0.717, 1.165) is 0 Å². The van der Waals surface area contributed by atoms with Gasteiger partial charge in [-0.2, -0.15) is 17.3 Å². The summed E-state index contributed by atoms with van der Waals surface area (Å²) in [5, 5.41) is 9.90. The molecule has 0 aliphatic heterocycles. The molecule has 14 heteroatoms. The Kier molecular flexibility index (Phi) is 9.52. The molecule has 228 valence electrons. The molecule has 0 aliphatic rings. The molecule has 1 amide bonds. The third-order valence-electron chi connectivity index (χ3n) is 6.79. The maximum absolute atomic E-state index is 14.6. The number of aryl methyl sites for hydroxylation is 1. The van der Waals surface area contributed by atoms with Gasteiger partial charge in [0.15, 0.2) is 6.54 Å². The molecule has 43 heavy (non-hydrogen) atoms. The number of aromatic nitrogens is 1. The number of nitrogens with zero attached hydrogens (tertiary/aromatic N) is 2. The number of carbonyl (C=O) groups is 2. The van der Waals surface area contributed by atoms with Crippen LogP contribution in [0.1, 0.15) is 29.6 Å². The highest BCUT2D eigenvalue weighted by molar-refractivity contribution is 7.93. The van der Waals surface area contributed by atoms with Crippen LogP contribution in [0, 0.1) is 0 Å². The van der Waals surface area contributed by atoms with Crippen LogP contribution in [0.2, 0.25) is 0 Å². The van der Waals surface area contributed by atoms with Crippen molar-refractivity contribution in [1.82, 2.24) is 0 Å². The Morgan fingerprint density at radius 1 is 0.837 bits per heavy atom. The minimum atomic E-state index is -4.45. The van der Waals surface area contributed by atoms with Gasteiger partial charge in [-0.15, -0.1) is 0 Å². The van der Waals surface area contributed by atoms with Crippen LogP contribution in [0.4, 0.5) is 5.69 Å². The van der Waals surface area contributed by atoms with E-state index in [1.54, 1.807) is 48.5 Å². The smallest absolute Gasteiger partial charge is 0.303 e. The first-order chi connectivity index (χ1) is 20.4. The van der Waals surface area contributed by atoms with Gasteiger partial charge >= 0.3 is 5.97 Å². The minimum Gasteiger partial charge on any atom is -0.497 e. The molecule has 0 fully saturated rings. The van der Waals surface area contributed by atoms with E-state index in [1.807, 2.05) is 4.57 Å². The first-order valence-corrected chi connectivity index (χ1v) is 16.4. The number of hydrogen-bond acceptors (Lipinski definition) is 8. The van der Waals surface area contributed by atoms with Crippen molar-refractivity contribution in [3.8, 4) is 11.5 Å². The lowest BCUT2D eigenvalue weighted by molar-refractivity contribution is -0.645. The van der Waals surface area contributed by atoms with E-state index in [-0.39, 0.29) is 36.4 Å². The summed E-state index contributed by atoms with van der Waals surface area (Å²) >= 11 is 0. The Bertz CT molecular complexity index is 1850. The molecule has 4 aromatic rings. The summed E-state index contributed by atoms with van der Waals surface area (Å²) in [4.78, 5) is 25.8. The number of para-hydroxylation sites is 2. The Labute approximate surface area is 248 Å². The zero-order valence-corrected chi connectivity index (χ0v) is 25.1. The van der Waals surface area contributed by atoms with Crippen molar-refractivity contribution in [3.05, 3.63) is 72.3 Å². The number of sulfonamides is 1. The van der Waals surface area contributed by atoms with Crippen molar-refractivity contribution < 1.29 is 50.1 Å². The highest BCUT2D eigenvalue weighted by Gasteiger charge is 2.36. The SMILES string of the molecule is COc1ccc(N(C(=O)c2c3ccccc3[n+](CCCS(=O)(=O)O)c3ccccc23)S(=O)(=O)CCCC(=O)O)c(OC)c1. The molecule has 0 radical (unpaired) electrons.